The van der Waals surface area contributed by atoms with E-state index in [1.54, 1.807) is 24.3 Å². The Morgan fingerprint density at radius 3 is 2.33 bits per heavy atom. The molecule has 144 valence electrons. The lowest BCUT2D eigenvalue weighted by Crippen LogP contribution is -2.31. The summed E-state index contributed by atoms with van der Waals surface area (Å²) in [4.78, 5) is 26.7. The number of carbonyl (C=O) groups excluding carboxylic acids is 2. The van der Waals surface area contributed by atoms with E-state index in [4.69, 9.17) is 4.52 Å². The fraction of sp³-hybridized carbons (Fsp3) is 0.476. The van der Waals surface area contributed by atoms with Crippen LogP contribution in [-0.2, 0) is 11.2 Å². The van der Waals surface area contributed by atoms with Gasteiger partial charge in [-0.3, -0.25) is 9.59 Å². The molecule has 27 heavy (non-hydrogen) atoms. The van der Waals surface area contributed by atoms with E-state index in [2.05, 4.69) is 10.5 Å². The second-order valence-corrected chi connectivity index (χ2v) is 7.13. The van der Waals surface area contributed by atoms with Gasteiger partial charge in [0.05, 0.1) is 5.69 Å². The summed E-state index contributed by atoms with van der Waals surface area (Å²) in [5.74, 6) is 0.770. The molecule has 1 aromatic carbocycles. The topological polar surface area (TPSA) is 75.4 Å². The first-order chi connectivity index (χ1) is 13.0. The molecule has 1 N–H and O–H groups in total. The van der Waals surface area contributed by atoms with Gasteiger partial charge in [0.1, 0.15) is 5.76 Å². The van der Waals surface area contributed by atoms with E-state index in [-0.39, 0.29) is 11.8 Å². The molecule has 6 heteroatoms. The van der Waals surface area contributed by atoms with Crippen molar-refractivity contribution < 1.29 is 14.1 Å². The third-order valence-corrected chi connectivity index (χ3v) is 5.09. The molecule has 0 unspecified atom stereocenters. The molecule has 2 aromatic rings. The van der Waals surface area contributed by atoms with Gasteiger partial charge in [-0.05, 0) is 57.4 Å². The predicted molar refractivity (Wildman–Crippen MR) is 104 cm³/mol. The number of likely N-dealkylation sites (tertiary alicyclic amines) is 1. The monoisotopic (exact) mass is 369 g/mol. The maximum absolute atomic E-state index is 12.6. The van der Waals surface area contributed by atoms with Crippen molar-refractivity contribution in [3.05, 3.63) is 46.8 Å². The first-order valence-electron chi connectivity index (χ1n) is 9.65. The van der Waals surface area contributed by atoms with E-state index >= 15 is 0 Å². The molecule has 2 heterocycles. The second-order valence-electron chi connectivity index (χ2n) is 7.13. The van der Waals surface area contributed by atoms with Gasteiger partial charge in [0.15, 0.2) is 0 Å². The minimum atomic E-state index is -0.0680. The molecule has 0 atom stereocenters. The van der Waals surface area contributed by atoms with E-state index < -0.39 is 0 Å². The number of amides is 2. The Balaban J connectivity index is 1.53. The molecule has 1 fully saturated rings. The van der Waals surface area contributed by atoms with Crippen molar-refractivity contribution in [2.75, 3.05) is 18.4 Å². The van der Waals surface area contributed by atoms with Crippen LogP contribution in [0.5, 0.6) is 0 Å². The van der Waals surface area contributed by atoms with Crippen LogP contribution in [-0.4, -0.2) is 35.0 Å². The van der Waals surface area contributed by atoms with Crippen LogP contribution in [0.1, 0.15) is 59.5 Å². The lowest BCUT2D eigenvalue weighted by molar-refractivity contribution is -0.116. The summed E-state index contributed by atoms with van der Waals surface area (Å²) in [7, 11) is 0. The Labute approximate surface area is 159 Å². The van der Waals surface area contributed by atoms with Crippen LogP contribution in [0.3, 0.4) is 0 Å². The van der Waals surface area contributed by atoms with Crippen molar-refractivity contribution in [3.63, 3.8) is 0 Å². The van der Waals surface area contributed by atoms with Gasteiger partial charge in [-0.15, -0.1) is 0 Å². The lowest BCUT2D eigenvalue weighted by atomic mass is 10.1. The Morgan fingerprint density at radius 2 is 1.74 bits per heavy atom. The summed E-state index contributed by atoms with van der Waals surface area (Å²) in [5, 5.41) is 6.79. The zero-order chi connectivity index (χ0) is 19.2. The molecule has 1 aromatic heterocycles. The fourth-order valence-corrected chi connectivity index (χ4v) is 3.47. The Kier molecular flexibility index (Phi) is 6.27. The second kappa shape index (κ2) is 8.84. The molecule has 6 nitrogen and oxygen atoms in total. The largest absolute Gasteiger partial charge is 0.361 e. The van der Waals surface area contributed by atoms with Gasteiger partial charge in [0.25, 0.3) is 5.91 Å². The highest BCUT2D eigenvalue weighted by molar-refractivity contribution is 5.95. The van der Waals surface area contributed by atoms with E-state index in [1.165, 1.54) is 12.8 Å². The summed E-state index contributed by atoms with van der Waals surface area (Å²) in [5.41, 5.74) is 3.19. The molecular formula is C21H27N3O3. The van der Waals surface area contributed by atoms with Gasteiger partial charge in [-0.1, -0.05) is 18.0 Å². The summed E-state index contributed by atoms with van der Waals surface area (Å²) in [6.07, 6.45) is 5.50. The number of benzene rings is 1. The van der Waals surface area contributed by atoms with Crippen molar-refractivity contribution >= 4 is 17.5 Å². The molecule has 1 saturated heterocycles. The van der Waals surface area contributed by atoms with Gasteiger partial charge >= 0.3 is 0 Å². The third-order valence-electron chi connectivity index (χ3n) is 5.09. The van der Waals surface area contributed by atoms with Crippen LogP contribution < -0.4 is 5.32 Å². The van der Waals surface area contributed by atoms with Crippen LogP contribution in [0.25, 0.3) is 0 Å². The van der Waals surface area contributed by atoms with E-state index in [0.29, 0.717) is 24.1 Å². The Morgan fingerprint density at radius 1 is 1.07 bits per heavy atom. The van der Waals surface area contributed by atoms with Gasteiger partial charge < -0.3 is 14.7 Å². The van der Waals surface area contributed by atoms with Crippen LogP contribution in [0.15, 0.2) is 28.8 Å². The number of hydrogen-bond acceptors (Lipinski definition) is 4. The average Bonchev–Trinajstić information content (AvgIpc) is 2.86. The van der Waals surface area contributed by atoms with Gasteiger partial charge in [-0.2, -0.15) is 0 Å². The molecule has 1 aliphatic heterocycles. The lowest BCUT2D eigenvalue weighted by Gasteiger charge is -2.20. The molecule has 0 bridgehead atoms. The standard InChI is InChI=1S/C21H27N3O3/c1-15-19(16(2)27-23-15)11-12-20(25)22-18-9-7-17(8-10-18)21(26)24-13-5-3-4-6-14-24/h7-10H,3-6,11-14H2,1-2H3,(H,22,25). The highest BCUT2D eigenvalue weighted by Gasteiger charge is 2.17. The normalized spacial score (nSPS) is 14.7. The quantitative estimate of drug-likeness (QED) is 0.868. The van der Waals surface area contributed by atoms with Gasteiger partial charge in [0.2, 0.25) is 5.91 Å². The fourth-order valence-electron chi connectivity index (χ4n) is 3.47. The van der Waals surface area contributed by atoms with Gasteiger partial charge in [-0.25, -0.2) is 0 Å². The molecule has 0 aliphatic carbocycles. The van der Waals surface area contributed by atoms with Crippen molar-refractivity contribution in [3.8, 4) is 0 Å². The Bertz CT molecular complexity index is 768. The molecule has 2 amide bonds. The van der Waals surface area contributed by atoms with Crippen LogP contribution in [0, 0.1) is 13.8 Å². The minimum absolute atomic E-state index is 0.0680. The summed E-state index contributed by atoms with van der Waals surface area (Å²) < 4.78 is 5.12. The van der Waals surface area contributed by atoms with Crippen molar-refractivity contribution in [2.45, 2.75) is 52.4 Å². The number of anilines is 1. The number of rotatable bonds is 5. The SMILES string of the molecule is Cc1noc(C)c1CCC(=O)Nc1ccc(C(=O)N2CCCCCC2)cc1. The Hall–Kier alpha value is -2.63. The summed E-state index contributed by atoms with van der Waals surface area (Å²) >= 11 is 0. The molecule has 0 radical (unpaired) electrons. The molecule has 0 saturated carbocycles. The van der Waals surface area contributed by atoms with Crippen molar-refractivity contribution in [2.24, 2.45) is 0 Å². The maximum Gasteiger partial charge on any atom is 0.253 e. The molecule has 3 rings (SSSR count). The molecular weight excluding hydrogens is 342 g/mol. The van der Waals surface area contributed by atoms with Crippen LogP contribution in [0.4, 0.5) is 5.69 Å². The summed E-state index contributed by atoms with van der Waals surface area (Å²) in [6, 6.07) is 7.16. The average molecular weight is 369 g/mol. The molecule has 1 aliphatic rings. The maximum atomic E-state index is 12.6. The third kappa shape index (κ3) is 4.96. The molecule has 0 spiro atoms. The van der Waals surface area contributed by atoms with E-state index in [1.807, 2.05) is 18.7 Å². The number of carbonyl (C=O) groups is 2. The van der Waals surface area contributed by atoms with Gasteiger partial charge in [0, 0.05) is 36.3 Å². The van der Waals surface area contributed by atoms with E-state index in [0.717, 1.165) is 42.9 Å². The first-order valence-corrected chi connectivity index (χ1v) is 9.65. The number of aromatic nitrogens is 1. The zero-order valence-electron chi connectivity index (χ0n) is 16.1. The minimum Gasteiger partial charge on any atom is -0.361 e. The van der Waals surface area contributed by atoms with Crippen LogP contribution >= 0.6 is 0 Å². The number of hydrogen-bond donors (Lipinski definition) is 1. The number of aryl methyl sites for hydroxylation is 2. The van der Waals surface area contributed by atoms with E-state index in [9.17, 15) is 9.59 Å². The first kappa shape index (κ1) is 19.1. The number of nitrogens with one attached hydrogen (secondary N) is 1. The summed E-state index contributed by atoms with van der Waals surface area (Å²) in [6.45, 7) is 5.40. The zero-order valence-corrected chi connectivity index (χ0v) is 16.1. The highest BCUT2D eigenvalue weighted by Crippen LogP contribution is 2.17. The number of nitrogens with zero attached hydrogens (tertiary/aromatic N) is 2. The predicted octanol–water partition coefficient (Wildman–Crippen LogP) is 3.88. The van der Waals surface area contributed by atoms with Crippen LogP contribution in [0.2, 0.25) is 0 Å². The smallest absolute Gasteiger partial charge is 0.253 e. The highest BCUT2D eigenvalue weighted by atomic mass is 16.5. The van der Waals surface area contributed by atoms with Crippen molar-refractivity contribution in [1.29, 1.82) is 0 Å². The van der Waals surface area contributed by atoms with Crippen molar-refractivity contribution in [1.82, 2.24) is 10.1 Å².